The van der Waals surface area contributed by atoms with E-state index in [0.717, 1.165) is 60.9 Å². The quantitative estimate of drug-likeness (QED) is 0.199. The van der Waals surface area contributed by atoms with Gasteiger partial charge in [-0.05, 0) is 73.4 Å². The first-order valence-corrected chi connectivity index (χ1v) is 12.9. The number of nitrogens with two attached hydrogens (primary N) is 1. The SMILES string of the molecule is COc1ccc2c(Nc3cccc(-c4ccc(C(N)=O)c5[nH]c6cc(C(C)(C)O)ccc6c45)c3C)ncnc2c1. The molecule has 4 aromatic carbocycles. The van der Waals surface area contributed by atoms with Gasteiger partial charge >= 0.3 is 0 Å². The zero-order valence-corrected chi connectivity index (χ0v) is 22.7. The molecule has 6 rings (SSSR count). The van der Waals surface area contributed by atoms with Gasteiger partial charge in [0, 0.05) is 33.4 Å². The molecule has 0 saturated carbocycles. The van der Waals surface area contributed by atoms with Gasteiger partial charge in [-0.1, -0.05) is 30.3 Å². The number of nitrogens with one attached hydrogen (secondary N) is 2. The third kappa shape index (κ3) is 4.19. The monoisotopic (exact) mass is 531 g/mol. The average Bonchev–Trinajstić information content (AvgIpc) is 3.32. The minimum Gasteiger partial charge on any atom is -0.497 e. The standard InChI is InChI=1S/C32H29N5O3/c1-17-20(6-5-7-25(17)37-31-23-11-9-19(40-4)15-26(23)34-16-35-31)21-12-13-24(30(33)38)29-28(21)22-10-8-18(32(2,3)39)14-27(22)36-29/h5-16,36,39H,1-4H3,(H2,33,38)(H,34,35,37). The van der Waals surface area contributed by atoms with E-state index in [4.69, 9.17) is 10.5 Å². The molecule has 6 aromatic rings. The maximum atomic E-state index is 12.4. The molecule has 0 radical (unpaired) electrons. The number of anilines is 2. The van der Waals surface area contributed by atoms with Gasteiger partial charge in [0.2, 0.25) is 0 Å². The Hall–Kier alpha value is -4.95. The fourth-order valence-electron chi connectivity index (χ4n) is 5.28. The Balaban J connectivity index is 1.52. The third-order valence-corrected chi connectivity index (χ3v) is 7.45. The Bertz CT molecular complexity index is 1950. The largest absolute Gasteiger partial charge is 0.497 e. The molecule has 0 aliphatic rings. The number of aromatic nitrogens is 3. The Morgan fingerprint density at radius 1 is 1.00 bits per heavy atom. The van der Waals surface area contributed by atoms with Crippen LogP contribution in [0.5, 0.6) is 5.75 Å². The van der Waals surface area contributed by atoms with E-state index in [1.54, 1.807) is 27.0 Å². The van der Waals surface area contributed by atoms with Gasteiger partial charge in [0.15, 0.2) is 0 Å². The van der Waals surface area contributed by atoms with Crippen LogP contribution in [-0.2, 0) is 5.60 Å². The van der Waals surface area contributed by atoms with Crippen LogP contribution in [0.15, 0.2) is 73.1 Å². The number of methoxy groups -OCH3 is 1. The third-order valence-electron chi connectivity index (χ3n) is 7.45. The molecule has 2 heterocycles. The van der Waals surface area contributed by atoms with Gasteiger partial charge in [-0.3, -0.25) is 4.79 Å². The molecule has 1 amide bonds. The second-order valence-electron chi connectivity index (χ2n) is 10.4. The van der Waals surface area contributed by atoms with Gasteiger partial charge in [-0.25, -0.2) is 9.97 Å². The number of benzene rings is 4. The summed E-state index contributed by atoms with van der Waals surface area (Å²) in [6, 6.07) is 21.3. The highest BCUT2D eigenvalue weighted by Crippen LogP contribution is 2.40. The molecule has 200 valence electrons. The molecule has 40 heavy (non-hydrogen) atoms. The van der Waals surface area contributed by atoms with Gasteiger partial charge in [-0.2, -0.15) is 0 Å². The molecule has 0 saturated heterocycles. The number of rotatable bonds is 6. The zero-order valence-electron chi connectivity index (χ0n) is 22.7. The van der Waals surface area contributed by atoms with Crippen LogP contribution >= 0.6 is 0 Å². The Kier molecular flexibility index (Phi) is 5.93. The lowest BCUT2D eigenvalue weighted by Crippen LogP contribution is -2.14. The second kappa shape index (κ2) is 9.36. The molecule has 0 atom stereocenters. The lowest BCUT2D eigenvalue weighted by Gasteiger charge is -2.17. The maximum Gasteiger partial charge on any atom is 0.250 e. The Morgan fingerprint density at radius 3 is 2.55 bits per heavy atom. The summed E-state index contributed by atoms with van der Waals surface area (Å²) in [7, 11) is 1.63. The van der Waals surface area contributed by atoms with Crippen LogP contribution in [0.25, 0.3) is 43.8 Å². The summed E-state index contributed by atoms with van der Waals surface area (Å²) in [4.78, 5) is 24.7. The highest BCUT2D eigenvalue weighted by molar-refractivity contribution is 6.20. The van der Waals surface area contributed by atoms with Crippen LogP contribution in [0.4, 0.5) is 11.5 Å². The molecular weight excluding hydrogens is 502 g/mol. The lowest BCUT2D eigenvalue weighted by molar-refractivity contribution is 0.0787. The fourth-order valence-corrected chi connectivity index (χ4v) is 5.28. The van der Waals surface area contributed by atoms with Crippen molar-refractivity contribution >= 4 is 50.1 Å². The summed E-state index contributed by atoms with van der Waals surface area (Å²) in [5.41, 5.74) is 12.1. The Morgan fingerprint density at radius 2 is 1.80 bits per heavy atom. The Labute approximate surface area is 230 Å². The van der Waals surface area contributed by atoms with E-state index in [1.165, 1.54) is 6.33 Å². The number of aliphatic hydroxyl groups is 1. The molecule has 0 spiro atoms. The van der Waals surface area contributed by atoms with Crippen LogP contribution in [0.1, 0.15) is 35.3 Å². The summed E-state index contributed by atoms with van der Waals surface area (Å²) >= 11 is 0. The van der Waals surface area contributed by atoms with Crippen LogP contribution in [0, 0.1) is 6.92 Å². The number of nitrogens with zero attached hydrogens (tertiary/aromatic N) is 2. The number of carbonyl (C=O) groups is 1. The minimum absolute atomic E-state index is 0.412. The number of fused-ring (bicyclic) bond motifs is 4. The van der Waals surface area contributed by atoms with E-state index in [9.17, 15) is 9.90 Å². The molecule has 0 aliphatic heterocycles. The van der Waals surface area contributed by atoms with Crippen LogP contribution in [0.2, 0.25) is 0 Å². The lowest BCUT2D eigenvalue weighted by atomic mass is 9.92. The topological polar surface area (TPSA) is 126 Å². The molecule has 0 unspecified atom stereocenters. The van der Waals surface area contributed by atoms with Gasteiger partial charge in [0.1, 0.15) is 17.9 Å². The molecule has 8 nitrogen and oxygen atoms in total. The van der Waals surface area contributed by atoms with E-state index in [0.29, 0.717) is 16.9 Å². The molecule has 8 heteroatoms. The van der Waals surface area contributed by atoms with Crippen molar-refractivity contribution in [3.63, 3.8) is 0 Å². The predicted molar refractivity (Wildman–Crippen MR) is 159 cm³/mol. The molecule has 0 fully saturated rings. The highest BCUT2D eigenvalue weighted by Gasteiger charge is 2.21. The summed E-state index contributed by atoms with van der Waals surface area (Å²) in [5.74, 6) is 0.908. The number of H-pyrrole nitrogens is 1. The van der Waals surface area contributed by atoms with Crippen molar-refractivity contribution in [1.29, 1.82) is 0 Å². The predicted octanol–water partition coefficient (Wildman–Crippen LogP) is 6.32. The summed E-state index contributed by atoms with van der Waals surface area (Å²) in [5, 5.41) is 16.8. The minimum atomic E-state index is -1.01. The smallest absolute Gasteiger partial charge is 0.250 e. The number of amides is 1. The van der Waals surface area contributed by atoms with Crippen molar-refractivity contribution in [1.82, 2.24) is 15.0 Å². The molecule has 0 bridgehead atoms. The normalized spacial score (nSPS) is 11.8. The zero-order chi connectivity index (χ0) is 28.2. The number of ether oxygens (including phenoxy) is 1. The van der Waals surface area contributed by atoms with Gasteiger partial charge in [0.25, 0.3) is 5.91 Å². The summed E-state index contributed by atoms with van der Waals surface area (Å²) in [6.07, 6.45) is 1.53. The van der Waals surface area contributed by atoms with Crippen molar-refractivity contribution < 1.29 is 14.6 Å². The second-order valence-corrected chi connectivity index (χ2v) is 10.4. The molecule has 2 aromatic heterocycles. The van der Waals surface area contributed by atoms with Gasteiger partial charge in [0.05, 0.1) is 29.3 Å². The van der Waals surface area contributed by atoms with Crippen molar-refractivity contribution in [2.75, 3.05) is 12.4 Å². The van der Waals surface area contributed by atoms with E-state index in [1.807, 2.05) is 54.6 Å². The van der Waals surface area contributed by atoms with Crippen molar-refractivity contribution in [3.05, 3.63) is 89.7 Å². The average molecular weight is 532 g/mol. The molecule has 5 N–H and O–H groups in total. The summed E-state index contributed by atoms with van der Waals surface area (Å²) < 4.78 is 5.34. The highest BCUT2D eigenvalue weighted by atomic mass is 16.5. The fraction of sp³-hybridized carbons (Fsp3) is 0.156. The van der Waals surface area contributed by atoms with E-state index >= 15 is 0 Å². The van der Waals surface area contributed by atoms with Crippen LogP contribution in [-0.4, -0.2) is 33.1 Å². The number of carbonyl (C=O) groups excluding carboxylic acids is 1. The maximum absolute atomic E-state index is 12.4. The van der Waals surface area contributed by atoms with E-state index in [-0.39, 0.29) is 0 Å². The van der Waals surface area contributed by atoms with Gasteiger partial charge < -0.3 is 25.9 Å². The van der Waals surface area contributed by atoms with Crippen LogP contribution < -0.4 is 15.8 Å². The van der Waals surface area contributed by atoms with Crippen molar-refractivity contribution in [2.45, 2.75) is 26.4 Å². The first-order chi connectivity index (χ1) is 19.2. The van der Waals surface area contributed by atoms with Crippen molar-refractivity contribution in [3.8, 4) is 16.9 Å². The van der Waals surface area contributed by atoms with Crippen molar-refractivity contribution in [2.24, 2.45) is 5.73 Å². The van der Waals surface area contributed by atoms with E-state index in [2.05, 4.69) is 33.3 Å². The number of aromatic amines is 1. The summed E-state index contributed by atoms with van der Waals surface area (Å²) in [6.45, 7) is 5.55. The van der Waals surface area contributed by atoms with Gasteiger partial charge in [-0.15, -0.1) is 0 Å². The number of hydrogen-bond acceptors (Lipinski definition) is 6. The van der Waals surface area contributed by atoms with E-state index < -0.39 is 11.5 Å². The molecule has 0 aliphatic carbocycles. The first-order valence-electron chi connectivity index (χ1n) is 12.9. The first kappa shape index (κ1) is 25.3. The number of primary amides is 1. The van der Waals surface area contributed by atoms with Crippen LogP contribution in [0.3, 0.4) is 0 Å². The number of hydrogen-bond donors (Lipinski definition) is 4. The molecular formula is C32H29N5O3.